The monoisotopic (exact) mass is 474 g/mol. The highest BCUT2D eigenvalue weighted by Gasteiger charge is 2.11. The van der Waals surface area contributed by atoms with Gasteiger partial charge in [0.15, 0.2) is 5.82 Å². The van der Waals surface area contributed by atoms with Gasteiger partial charge in [-0.3, -0.25) is 9.20 Å². The van der Waals surface area contributed by atoms with E-state index in [1.165, 1.54) is 0 Å². The minimum atomic E-state index is -0.0840. The highest BCUT2D eigenvalue weighted by atomic mass is 79.9. The van der Waals surface area contributed by atoms with Crippen LogP contribution in [0.25, 0.3) is 27.9 Å². The first kappa shape index (κ1) is 19.0. The molecule has 3 heterocycles. The number of rotatable bonds is 4. The molecular formula is C23H15BrN4OS. The molecule has 2 aromatic carbocycles. The number of para-hydroxylation sites is 1. The Hall–Kier alpha value is -3.03. The summed E-state index contributed by atoms with van der Waals surface area (Å²) in [6.07, 6.45) is 1.73. The second-order valence-electron chi connectivity index (χ2n) is 6.68. The predicted molar refractivity (Wildman–Crippen MR) is 124 cm³/mol. The van der Waals surface area contributed by atoms with Crippen LogP contribution in [0.15, 0.2) is 93.3 Å². The maximum Gasteiger partial charge on any atom is 0.258 e. The molecule has 5 aromatic rings. The zero-order chi connectivity index (χ0) is 20.5. The predicted octanol–water partition coefficient (Wildman–Crippen LogP) is 5.36. The third-order valence-corrected chi connectivity index (χ3v) is 6.20. The van der Waals surface area contributed by atoms with E-state index >= 15 is 0 Å². The van der Waals surface area contributed by atoms with Crippen LogP contribution in [0.5, 0.6) is 0 Å². The van der Waals surface area contributed by atoms with E-state index in [4.69, 9.17) is 9.97 Å². The Bertz CT molecular complexity index is 1430. The number of halogens is 1. The second kappa shape index (κ2) is 8.01. The summed E-state index contributed by atoms with van der Waals surface area (Å²) in [5.41, 5.74) is 3.12. The van der Waals surface area contributed by atoms with Gasteiger partial charge in [-0.1, -0.05) is 64.1 Å². The molecule has 0 N–H and O–H groups in total. The zero-order valence-electron chi connectivity index (χ0n) is 15.7. The SMILES string of the molecule is O=c1cc(CSc2nc(-c3ccc(Br)cc3)nc3ccccc23)nc2ccccn12. The summed E-state index contributed by atoms with van der Waals surface area (Å²) in [5.74, 6) is 1.22. The summed E-state index contributed by atoms with van der Waals surface area (Å²) in [6, 6.07) is 23.0. The van der Waals surface area contributed by atoms with Crippen molar-refractivity contribution in [2.75, 3.05) is 0 Å². The molecule has 0 atom stereocenters. The van der Waals surface area contributed by atoms with E-state index < -0.39 is 0 Å². The van der Waals surface area contributed by atoms with E-state index in [2.05, 4.69) is 20.9 Å². The number of fused-ring (bicyclic) bond motifs is 2. The molecule has 0 saturated carbocycles. The third-order valence-electron chi connectivity index (χ3n) is 4.65. The van der Waals surface area contributed by atoms with E-state index in [0.717, 1.165) is 31.7 Å². The standard InChI is InChI=1S/C23H15BrN4OS/c24-16-10-8-15(9-11-16)22-26-19-6-2-1-5-18(19)23(27-22)30-14-17-13-21(29)28-12-4-3-7-20(28)25-17/h1-13H,14H2. The van der Waals surface area contributed by atoms with Gasteiger partial charge < -0.3 is 0 Å². The molecule has 146 valence electrons. The molecule has 0 amide bonds. The van der Waals surface area contributed by atoms with Crippen molar-refractivity contribution < 1.29 is 0 Å². The van der Waals surface area contributed by atoms with Crippen molar-refractivity contribution in [3.05, 3.63) is 99.5 Å². The van der Waals surface area contributed by atoms with Crippen molar-refractivity contribution in [2.24, 2.45) is 0 Å². The fourth-order valence-electron chi connectivity index (χ4n) is 3.20. The largest absolute Gasteiger partial charge is 0.269 e. The molecular weight excluding hydrogens is 460 g/mol. The molecule has 5 rings (SSSR count). The molecule has 0 aliphatic carbocycles. The molecule has 0 radical (unpaired) electrons. The first-order valence-corrected chi connectivity index (χ1v) is 11.1. The van der Waals surface area contributed by atoms with Crippen LogP contribution in [0.4, 0.5) is 0 Å². The third kappa shape index (κ3) is 3.74. The van der Waals surface area contributed by atoms with Gasteiger partial charge in [0.25, 0.3) is 5.56 Å². The number of hydrogen-bond acceptors (Lipinski definition) is 5. The molecule has 7 heteroatoms. The molecule has 30 heavy (non-hydrogen) atoms. The number of nitrogens with zero attached hydrogens (tertiary/aromatic N) is 4. The Balaban J connectivity index is 1.53. The molecule has 0 unspecified atom stereocenters. The van der Waals surface area contributed by atoms with Gasteiger partial charge in [0.1, 0.15) is 10.7 Å². The van der Waals surface area contributed by atoms with Gasteiger partial charge in [-0.25, -0.2) is 15.0 Å². The molecule has 0 bridgehead atoms. The maximum absolute atomic E-state index is 12.4. The number of pyridine rings is 1. The van der Waals surface area contributed by atoms with Gasteiger partial charge in [-0.05, 0) is 30.3 Å². The highest BCUT2D eigenvalue weighted by Crippen LogP contribution is 2.30. The van der Waals surface area contributed by atoms with Crippen molar-refractivity contribution in [3.8, 4) is 11.4 Å². The van der Waals surface area contributed by atoms with Crippen molar-refractivity contribution in [1.82, 2.24) is 19.4 Å². The summed E-state index contributed by atoms with van der Waals surface area (Å²) in [6.45, 7) is 0. The molecule has 0 spiro atoms. The lowest BCUT2D eigenvalue weighted by atomic mass is 10.2. The number of thioether (sulfide) groups is 1. The van der Waals surface area contributed by atoms with Gasteiger partial charge in [-0.15, -0.1) is 0 Å². The Morgan fingerprint density at radius 2 is 1.70 bits per heavy atom. The molecule has 0 fully saturated rings. The van der Waals surface area contributed by atoms with Crippen molar-refractivity contribution >= 4 is 44.2 Å². The lowest BCUT2D eigenvalue weighted by Gasteiger charge is -2.09. The Morgan fingerprint density at radius 3 is 2.57 bits per heavy atom. The van der Waals surface area contributed by atoms with Crippen LogP contribution >= 0.6 is 27.7 Å². The van der Waals surface area contributed by atoms with Crippen LogP contribution in [0.2, 0.25) is 0 Å². The second-order valence-corrected chi connectivity index (χ2v) is 8.56. The van der Waals surface area contributed by atoms with E-state index in [0.29, 0.717) is 17.2 Å². The summed E-state index contributed by atoms with van der Waals surface area (Å²) < 4.78 is 2.55. The van der Waals surface area contributed by atoms with Gasteiger partial charge in [0, 0.05) is 33.4 Å². The van der Waals surface area contributed by atoms with E-state index in [-0.39, 0.29) is 5.56 Å². The average Bonchev–Trinajstić information content (AvgIpc) is 2.78. The smallest absolute Gasteiger partial charge is 0.258 e. The maximum atomic E-state index is 12.4. The topological polar surface area (TPSA) is 60.2 Å². The highest BCUT2D eigenvalue weighted by molar-refractivity contribution is 9.10. The summed E-state index contributed by atoms with van der Waals surface area (Å²) in [5, 5.41) is 1.86. The minimum Gasteiger partial charge on any atom is -0.269 e. The van der Waals surface area contributed by atoms with Crippen LogP contribution in [-0.2, 0) is 5.75 Å². The Labute approximate surface area is 185 Å². The average molecular weight is 475 g/mol. The van der Waals surface area contributed by atoms with Gasteiger partial charge in [0.05, 0.1) is 11.2 Å². The van der Waals surface area contributed by atoms with E-state index in [9.17, 15) is 4.79 Å². The molecule has 3 aromatic heterocycles. The van der Waals surface area contributed by atoms with Crippen molar-refractivity contribution in [3.63, 3.8) is 0 Å². The normalized spacial score (nSPS) is 11.2. The van der Waals surface area contributed by atoms with Gasteiger partial charge in [-0.2, -0.15) is 0 Å². The number of hydrogen-bond donors (Lipinski definition) is 0. The summed E-state index contributed by atoms with van der Waals surface area (Å²) >= 11 is 5.03. The number of benzene rings is 2. The fraction of sp³-hybridized carbons (Fsp3) is 0.0435. The van der Waals surface area contributed by atoms with Crippen LogP contribution in [-0.4, -0.2) is 19.4 Å². The molecule has 0 saturated heterocycles. The van der Waals surface area contributed by atoms with E-state index in [1.54, 1.807) is 28.4 Å². The quantitative estimate of drug-likeness (QED) is 0.259. The summed E-state index contributed by atoms with van der Waals surface area (Å²) in [7, 11) is 0. The van der Waals surface area contributed by atoms with Gasteiger partial charge in [0.2, 0.25) is 0 Å². The van der Waals surface area contributed by atoms with Gasteiger partial charge >= 0.3 is 0 Å². The van der Waals surface area contributed by atoms with Crippen molar-refractivity contribution in [2.45, 2.75) is 10.8 Å². The lowest BCUT2D eigenvalue weighted by Crippen LogP contribution is -2.14. The first-order valence-electron chi connectivity index (χ1n) is 9.30. The van der Waals surface area contributed by atoms with E-state index in [1.807, 2.05) is 66.7 Å². The number of aromatic nitrogens is 4. The summed E-state index contributed by atoms with van der Waals surface area (Å²) in [4.78, 5) is 26.6. The molecule has 0 aliphatic heterocycles. The minimum absolute atomic E-state index is 0.0840. The first-order chi connectivity index (χ1) is 14.7. The molecule has 0 aliphatic rings. The Kier molecular flexibility index (Phi) is 5.06. The van der Waals surface area contributed by atoms with Crippen LogP contribution in [0, 0.1) is 0 Å². The fourth-order valence-corrected chi connectivity index (χ4v) is 4.38. The lowest BCUT2D eigenvalue weighted by molar-refractivity contribution is 1.01. The van der Waals surface area contributed by atoms with Crippen molar-refractivity contribution in [1.29, 1.82) is 0 Å². The van der Waals surface area contributed by atoms with Crippen LogP contribution < -0.4 is 5.56 Å². The van der Waals surface area contributed by atoms with Crippen LogP contribution in [0.3, 0.4) is 0 Å². The van der Waals surface area contributed by atoms with Crippen LogP contribution in [0.1, 0.15) is 5.69 Å². The molecule has 5 nitrogen and oxygen atoms in total. The Morgan fingerprint density at radius 1 is 0.900 bits per heavy atom. The zero-order valence-corrected chi connectivity index (χ0v) is 18.1.